The predicted octanol–water partition coefficient (Wildman–Crippen LogP) is 0.443. The number of aliphatic hydroxyl groups is 2. The van der Waals surface area contributed by atoms with Crippen molar-refractivity contribution >= 4 is 18.3 Å². The third-order valence-electron chi connectivity index (χ3n) is 2.44. The Morgan fingerprint density at radius 1 is 1.38 bits per heavy atom. The molecule has 0 aliphatic rings. The van der Waals surface area contributed by atoms with E-state index in [4.69, 9.17) is 0 Å². The van der Waals surface area contributed by atoms with Crippen molar-refractivity contribution in [3.63, 3.8) is 0 Å². The van der Waals surface area contributed by atoms with Crippen LogP contribution in [0, 0.1) is 0 Å². The van der Waals surface area contributed by atoms with Gasteiger partial charge < -0.3 is 10.2 Å². The van der Waals surface area contributed by atoms with Crippen LogP contribution in [0.5, 0.6) is 0 Å². The molecule has 2 rings (SSSR count). The van der Waals surface area contributed by atoms with E-state index in [1.165, 1.54) is 0 Å². The molecule has 0 aliphatic carbocycles. The number of imidazole rings is 1. The molecule has 2 heterocycles. The molecule has 2 aromatic heterocycles. The van der Waals surface area contributed by atoms with Gasteiger partial charge in [-0.05, 0) is 12.2 Å². The number of rotatable bonds is 4. The molecule has 0 bridgehead atoms. The van der Waals surface area contributed by atoms with E-state index in [-0.39, 0.29) is 0 Å². The molecule has 0 spiro atoms. The van der Waals surface area contributed by atoms with Crippen LogP contribution < -0.4 is 0 Å². The fourth-order valence-electron chi connectivity index (χ4n) is 1.57. The molecule has 2 N–H and O–H groups in total. The van der Waals surface area contributed by atoms with Crippen molar-refractivity contribution in [1.29, 1.82) is 0 Å². The summed E-state index contributed by atoms with van der Waals surface area (Å²) in [5.41, 5.74) is 1.21. The van der Waals surface area contributed by atoms with E-state index in [0.29, 0.717) is 23.5 Å². The zero-order valence-corrected chi connectivity index (χ0v) is 9.46. The van der Waals surface area contributed by atoms with Gasteiger partial charge in [-0.2, -0.15) is 12.6 Å². The number of aromatic nitrogens is 3. The Morgan fingerprint density at radius 2 is 2.19 bits per heavy atom. The largest absolute Gasteiger partial charge is 0.390 e. The Balaban J connectivity index is 2.32. The number of fused-ring (bicyclic) bond motifs is 1. The summed E-state index contributed by atoms with van der Waals surface area (Å²) in [6.45, 7) is 0. The molecule has 5 nitrogen and oxygen atoms in total. The summed E-state index contributed by atoms with van der Waals surface area (Å²) < 4.78 is 1.71. The van der Waals surface area contributed by atoms with Crippen LogP contribution in [0.25, 0.3) is 5.65 Å². The van der Waals surface area contributed by atoms with Crippen LogP contribution in [-0.2, 0) is 0 Å². The molecule has 0 saturated heterocycles. The van der Waals surface area contributed by atoms with Crippen LogP contribution in [0.3, 0.4) is 0 Å². The van der Waals surface area contributed by atoms with Gasteiger partial charge in [0, 0.05) is 12.4 Å². The van der Waals surface area contributed by atoms with Crippen molar-refractivity contribution in [2.24, 2.45) is 0 Å². The minimum atomic E-state index is -0.954. The fraction of sp³-hybridized carbons (Fsp3) is 0.400. The second-order valence-electron chi connectivity index (χ2n) is 3.51. The van der Waals surface area contributed by atoms with Crippen molar-refractivity contribution < 1.29 is 10.2 Å². The maximum atomic E-state index is 9.94. The number of thiol groups is 1. The molecule has 0 fully saturated rings. The highest BCUT2D eigenvalue weighted by atomic mass is 32.1. The Hall–Kier alpha value is -1.11. The molecule has 2 unspecified atom stereocenters. The third kappa shape index (κ3) is 2.04. The standard InChI is InChI=1S/C10H13N3O2S/c14-8(1-4-16)10(15)7-5-12-9-6-11-2-3-13(7)9/h2-3,5-6,8,10,14-16H,1,4H2. The molecule has 86 valence electrons. The highest BCUT2D eigenvalue weighted by molar-refractivity contribution is 7.80. The van der Waals surface area contributed by atoms with Crippen LogP contribution in [0.2, 0.25) is 0 Å². The van der Waals surface area contributed by atoms with Crippen molar-refractivity contribution in [2.45, 2.75) is 18.6 Å². The van der Waals surface area contributed by atoms with Crippen molar-refractivity contribution in [3.8, 4) is 0 Å². The molecular weight excluding hydrogens is 226 g/mol. The number of aliphatic hydroxyl groups excluding tert-OH is 2. The average Bonchev–Trinajstić information content (AvgIpc) is 2.72. The number of hydrogen-bond donors (Lipinski definition) is 3. The summed E-state index contributed by atoms with van der Waals surface area (Å²) >= 11 is 4.02. The lowest BCUT2D eigenvalue weighted by Crippen LogP contribution is -2.20. The Bertz CT molecular complexity index is 474. The van der Waals surface area contributed by atoms with Gasteiger partial charge >= 0.3 is 0 Å². The minimum absolute atomic E-state index is 0.433. The van der Waals surface area contributed by atoms with Gasteiger partial charge in [0.15, 0.2) is 5.65 Å². The van der Waals surface area contributed by atoms with E-state index in [0.717, 1.165) is 0 Å². The molecular formula is C10H13N3O2S. The Morgan fingerprint density at radius 3 is 2.94 bits per heavy atom. The van der Waals surface area contributed by atoms with Gasteiger partial charge in [-0.25, -0.2) is 4.98 Å². The summed E-state index contributed by atoms with van der Waals surface area (Å²) in [5, 5.41) is 19.6. The zero-order chi connectivity index (χ0) is 11.5. The van der Waals surface area contributed by atoms with Crippen LogP contribution in [0.4, 0.5) is 0 Å². The summed E-state index contributed by atoms with van der Waals surface area (Å²) in [4.78, 5) is 8.02. The van der Waals surface area contributed by atoms with Crippen molar-refractivity contribution in [3.05, 3.63) is 30.5 Å². The van der Waals surface area contributed by atoms with E-state index in [1.807, 2.05) is 0 Å². The smallest absolute Gasteiger partial charge is 0.155 e. The molecule has 2 atom stereocenters. The Kier molecular flexibility index (Phi) is 3.42. The first-order valence-corrected chi connectivity index (χ1v) is 5.61. The molecule has 2 aromatic rings. The highest BCUT2D eigenvalue weighted by Crippen LogP contribution is 2.19. The van der Waals surface area contributed by atoms with Gasteiger partial charge in [-0.3, -0.25) is 9.38 Å². The third-order valence-corrected chi connectivity index (χ3v) is 2.70. The summed E-state index contributed by atoms with van der Waals surface area (Å²) in [6.07, 6.45) is 5.10. The first-order chi connectivity index (χ1) is 7.74. The number of hydrogen-bond acceptors (Lipinski definition) is 5. The topological polar surface area (TPSA) is 70.7 Å². The molecule has 6 heteroatoms. The lowest BCUT2D eigenvalue weighted by atomic mass is 10.1. The van der Waals surface area contributed by atoms with Crippen LogP contribution >= 0.6 is 12.6 Å². The van der Waals surface area contributed by atoms with Gasteiger partial charge in [0.2, 0.25) is 0 Å². The normalized spacial score (nSPS) is 15.2. The minimum Gasteiger partial charge on any atom is -0.390 e. The first kappa shape index (κ1) is 11.4. The highest BCUT2D eigenvalue weighted by Gasteiger charge is 2.20. The molecule has 0 aromatic carbocycles. The van der Waals surface area contributed by atoms with Gasteiger partial charge in [0.25, 0.3) is 0 Å². The average molecular weight is 239 g/mol. The van der Waals surface area contributed by atoms with Crippen LogP contribution in [-0.4, -0.2) is 36.4 Å². The van der Waals surface area contributed by atoms with Crippen molar-refractivity contribution in [1.82, 2.24) is 14.4 Å². The SMILES string of the molecule is OC(CCS)C(O)c1cnc2cnccn12. The molecule has 0 amide bonds. The first-order valence-electron chi connectivity index (χ1n) is 4.98. The summed E-state index contributed by atoms with van der Waals surface area (Å²) in [6, 6.07) is 0. The zero-order valence-electron chi connectivity index (χ0n) is 8.56. The van der Waals surface area contributed by atoms with E-state index in [2.05, 4.69) is 22.6 Å². The quantitative estimate of drug-likeness (QED) is 0.677. The predicted molar refractivity (Wildman–Crippen MR) is 62.4 cm³/mol. The molecule has 0 aliphatic heterocycles. The van der Waals surface area contributed by atoms with E-state index < -0.39 is 12.2 Å². The van der Waals surface area contributed by atoms with Crippen molar-refractivity contribution in [2.75, 3.05) is 5.75 Å². The van der Waals surface area contributed by atoms with Crippen LogP contribution in [0.15, 0.2) is 24.8 Å². The van der Waals surface area contributed by atoms with Gasteiger partial charge in [0.1, 0.15) is 6.10 Å². The molecule has 16 heavy (non-hydrogen) atoms. The molecule has 0 saturated carbocycles. The maximum Gasteiger partial charge on any atom is 0.155 e. The maximum absolute atomic E-state index is 9.94. The number of nitrogens with zero attached hydrogens (tertiary/aromatic N) is 3. The van der Waals surface area contributed by atoms with E-state index in [1.54, 1.807) is 29.2 Å². The Labute approximate surface area is 98.2 Å². The van der Waals surface area contributed by atoms with Crippen LogP contribution in [0.1, 0.15) is 18.2 Å². The monoisotopic (exact) mass is 239 g/mol. The molecule has 0 radical (unpaired) electrons. The van der Waals surface area contributed by atoms with E-state index in [9.17, 15) is 10.2 Å². The van der Waals surface area contributed by atoms with Gasteiger partial charge in [0.05, 0.1) is 24.2 Å². The van der Waals surface area contributed by atoms with E-state index >= 15 is 0 Å². The second kappa shape index (κ2) is 4.82. The van der Waals surface area contributed by atoms with Gasteiger partial charge in [-0.15, -0.1) is 0 Å². The fourth-order valence-corrected chi connectivity index (χ4v) is 1.83. The lowest BCUT2D eigenvalue weighted by molar-refractivity contribution is 0.0142. The second-order valence-corrected chi connectivity index (χ2v) is 3.96. The summed E-state index contributed by atoms with van der Waals surface area (Å²) in [7, 11) is 0. The van der Waals surface area contributed by atoms with Gasteiger partial charge in [-0.1, -0.05) is 0 Å². The lowest BCUT2D eigenvalue weighted by Gasteiger charge is -2.16. The summed E-state index contributed by atoms with van der Waals surface area (Å²) in [5.74, 6) is 0.524.